The highest BCUT2D eigenvalue weighted by molar-refractivity contribution is 7.92. The molecule has 0 spiro atoms. The Balaban J connectivity index is 2.29. The number of methoxy groups -OCH3 is 2. The Kier molecular flexibility index (Phi) is 5.97. The van der Waals surface area contributed by atoms with Gasteiger partial charge in [0.2, 0.25) is 11.7 Å². The zero-order valence-corrected chi connectivity index (χ0v) is 15.3. The summed E-state index contributed by atoms with van der Waals surface area (Å²) in [5.41, 5.74) is 16.3. The maximum absolute atomic E-state index is 12.6. The minimum Gasteiger partial charge on any atom is -0.489 e. The highest BCUT2D eigenvalue weighted by atomic mass is 32.2. The van der Waals surface area contributed by atoms with Crippen molar-refractivity contribution in [1.82, 2.24) is 9.97 Å². The van der Waals surface area contributed by atoms with E-state index in [1.54, 1.807) is 0 Å². The SMILES string of the molecule is COc1ncnc(NS(=O)(=O)c2ccc(N=C(N)N=C(N)N)cc2)c1OC. The van der Waals surface area contributed by atoms with Gasteiger partial charge in [0, 0.05) is 0 Å². The summed E-state index contributed by atoms with van der Waals surface area (Å²) in [5.74, 6) is -0.334. The number of sulfonamides is 1. The molecule has 12 nitrogen and oxygen atoms in total. The second-order valence-electron chi connectivity index (χ2n) is 4.87. The van der Waals surface area contributed by atoms with E-state index in [4.69, 9.17) is 26.7 Å². The summed E-state index contributed by atoms with van der Waals surface area (Å²) in [7, 11) is -1.25. The van der Waals surface area contributed by atoms with Gasteiger partial charge >= 0.3 is 0 Å². The molecule has 2 rings (SSSR count). The van der Waals surface area contributed by atoms with Gasteiger partial charge < -0.3 is 26.7 Å². The average molecular weight is 394 g/mol. The van der Waals surface area contributed by atoms with Crippen LogP contribution < -0.4 is 31.4 Å². The monoisotopic (exact) mass is 394 g/mol. The van der Waals surface area contributed by atoms with Crippen LogP contribution in [-0.2, 0) is 10.0 Å². The van der Waals surface area contributed by atoms with E-state index in [0.717, 1.165) is 6.33 Å². The summed E-state index contributed by atoms with van der Waals surface area (Å²) in [4.78, 5) is 15.2. The number of nitrogens with one attached hydrogen (secondary N) is 1. The molecule has 1 aromatic heterocycles. The summed E-state index contributed by atoms with van der Waals surface area (Å²) >= 11 is 0. The number of ether oxygens (including phenoxy) is 2. The molecule has 13 heteroatoms. The van der Waals surface area contributed by atoms with Gasteiger partial charge in [0.15, 0.2) is 11.8 Å². The fourth-order valence-electron chi connectivity index (χ4n) is 1.94. The Labute approximate surface area is 155 Å². The van der Waals surface area contributed by atoms with Crippen LogP contribution in [0.1, 0.15) is 0 Å². The number of nitrogens with two attached hydrogens (primary N) is 3. The molecule has 0 bridgehead atoms. The second kappa shape index (κ2) is 8.18. The van der Waals surface area contributed by atoms with E-state index in [1.165, 1.54) is 38.5 Å². The molecule has 0 aliphatic carbocycles. The van der Waals surface area contributed by atoms with Gasteiger partial charge in [-0.15, -0.1) is 0 Å². The number of guanidine groups is 2. The van der Waals surface area contributed by atoms with Crippen molar-refractivity contribution in [3.8, 4) is 11.6 Å². The van der Waals surface area contributed by atoms with Gasteiger partial charge in [-0.1, -0.05) is 0 Å². The molecule has 144 valence electrons. The van der Waals surface area contributed by atoms with Gasteiger partial charge in [0.05, 0.1) is 24.8 Å². The fourth-order valence-corrected chi connectivity index (χ4v) is 2.95. The first-order valence-corrected chi connectivity index (χ1v) is 8.74. The maximum Gasteiger partial charge on any atom is 0.263 e. The molecular weight excluding hydrogens is 376 g/mol. The van der Waals surface area contributed by atoms with E-state index < -0.39 is 10.0 Å². The standard InChI is InChI=1S/C14H18N8O4S/c1-25-10-11(18-7-19-12(10)26-2)22-27(23,24)9-5-3-8(4-6-9)20-14(17)21-13(15)16/h3-7H,1-2H3,(H,18,19,22)(H6,15,16,17,20,21). The second-order valence-corrected chi connectivity index (χ2v) is 6.55. The first-order valence-electron chi connectivity index (χ1n) is 7.26. The Morgan fingerprint density at radius 3 is 2.30 bits per heavy atom. The normalized spacial score (nSPS) is 11.6. The van der Waals surface area contributed by atoms with Crippen molar-refractivity contribution in [3.05, 3.63) is 30.6 Å². The lowest BCUT2D eigenvalue weighted by Gasteiger charge is -2.12. The van der Waals surface area contributed by atoms with Crippen LogP contribution in [-0.4, -0.2) is 44.5 Å². The fraction of sp³-hybridized carbons (Fsp3) is 0.143. The van der Waals surface area contributed by atoms with E-state index in [0.29, 0.717) is 5.69 Å². The van der Waals surface area contributed by atoms with Crippen molar-refractivity contribution in [3.63, 3.8) is 0 Å². The smallest absolute Gasteiger partial charge is 0.263 e. The molecule has 0 aliphatic rings. The minimum absolute atomic E-state index is 0.0403. The number of benzene rings is 1. The molecule has 0 saturated carbocycles. The lowest BCUT2D eigenvalue weighted by atomic mass is 10.3. The van der Waals surface area contributed by atoms with Crippen LogP contribution in [0.15, 0.2) is 45.5 Å². The van der Waals surface area contributed by atoms with Crippen molar-refractivity contribution < 1.29 is 17.9 Å². The topological polar surface area (TPSA) is 193 Å². The van der Waals surface area contributed by atoms with Gasteiger partial charge in [-0.25, -0.2) is 18.4 Å². The quantitative estimate of drug-likeness (QED) is 0.369. The van der Waals surface area contributed by atoms with Gasteiger partial charge in [0.25, 0.3) is 15.9 Å². The van der Waals surface area contributed by atoms with Crippen LogP contribution in [0.5, 0.6) is 11.6 Å². The third kappa shape index (κ3) is 4.94. The minimum atomic E-state index is -3.96. The molecule has 7 N–H and O–H groups in total. The summed E-state index contributed by atoms with van der Waals surface area (Å²) in [5, 5.41) is 0. The predicted molar refractivity (Wildman–Crippen MR) is 99.5 cm³/mol. The van der Waals surface area contributed by atoms with E-state index in [-0.39, 0.29) is 34.3 Å². The van der Waals surface area contributed by atoms with E-state index in [2.05, 4.69) is 24.7 Å². The van der Waals surface area contributed by atoms with E-state index in [1.807, 2.05) is 0 Å². The summed E-state index contributed by atoms with van der Waals surface area (Å²) in [6, 6.07) is 5.52. The van der Waals surface area contributed by atoms with Crippen LogP contribution in [0, 0.1) is 0 Å². The molecule has 2 aromatic rings. The average Bonchev–Trinajstić information content (AvgIpc) is 2.60. The van der Waals surface area contributed by atoms with Crippen LogP contribution in [0.25, 0.3) is 0 Å². The molecule has 0 aliphatic heterocycles. The van der Waals surface area contributed by atoms with Crippen LogP contribution in [0.2, 0.25) is 0 Å². The van der Waals surface area contributed by atoms with Gasteiger partial charge in [0.1, 0.15) is 6.33 Å². The van der Waals surface area contributed by atoms with Crippen LogP contribution in [0.3, 0.4) is 0 Å². The largest absolute Gasteiger partial charge is 0.489 e. The molecule has 0 amide bonds. The Bertz CT molecular complexity index is 969. The third-order valence-corrected chi connectivity index (χ3v) is 4.39. The number of rotatable bonds is 6. The first kappa shape index (κ1) is 19.7. The predicted octanol–water partition coefficient (Wildman–Crippen LogP) is -0.486. The molecule has 0 radical (unpaired) electrons. The Morgan fingerprint density at radius 1 is 1.07 bits per heavy atom. The summed E-state index contributed by atoms with van der Waals surface area (Å²) in [6.07, 6.45) is 1.14. The zero-order chi connectivity index (χ0) is 20.0. The molecule has 27 heavy (non-hydrogen) atoms. The number of hydrogen-bond acceptors (Lipinski definition) is 7. The van der Waals surface area contributed by atoms with Gasteiger partial charge in [-0.05, 0) is 24.3 Å². The van der Waals surface area contributed by atoms with Gasteiger partial charge in [-0.2, -0.15) is 9.98 Å². The number of anilines is 1. The maximum atomic E-state index is 12.6. The summed E-state index contributed by atoms with van der Waals surface area (Å²) < 4.78 is 37.6. The van der Waals surface area contributed by atoms with E-state index >= 15 is 0 Å². The number of aromatic nitrogens is 2. The molecule has 0 fully saturated rings. The molecule has 1 heterocycles. The Morgan fingerprint density at radius 2 is 1.74 bits per heavy atom. The highest BCUT2D eigenvalue weighted by Gasteiger charge is 2.20. The number of hydrogen-bond donors (Lipinski definition) is 4. The van der Waals surface area contributed by atoms with Crippen LogP contribution >= 0.6 is 0 Å². The number of nitrogens with zero attached hydrogens (tertiary/aromatic N) is 4. The molecule has 0 atom stereocenters. The lowest BCUT2D eigenvalue weighted by Crippen LogP contribution is -2.26. The van der Waals surface area contributed by atoms with Crippen LogP contribution in [0.4, 0.5) is 11.5 Å². The highest BCUT2D eigenvalue weighted by Crippen LogP contribution is 2.32. The van der Waals surface area contributed by atoms with Crippen molar-refractivity contribution in [2.45, 2.75) is 4.90 Å². The van der Waals surface area contributed by atoms with Gasteiger partial charge in [-0.3, -0.25) is 4.72 Å². The van der Waals surface area contributed by atoms with Crippen molar-refractivity contribution in [2.24, 2.45) is 27.2 Å². The lowest BCUT2D eigenvalue weighted by molar-refractivity contribution is 0.342. The van der Waals surface area contributed by atoms with Crippen molar-refractivity contribution >= 4 is 33.4 Å². The van der Waals surface area contributed by atoms with Crippen molar-refractivity contribution in [1.29, 1.82) is 0 Å². The molecule has 0 saturated heterocycles. The first-order chi connectivity index (χ1) is 12.8. The zero-order valence-electron chi connectivity index (χ0n) is 14.4. The van der Waals surface area contributed by atoms with Crippen molar-refractivity contribution in [2.75, 3.05) is 18.9 Å². The molecular formula is C14H18N8O4S. The molecule has 1 aromatic carbocycles. The Hall–Kier alpha value is -3.61. The van der Waals surface area contributed by atoms with E-state index in [9.17, 15) is 8.42 Å². The number of aliphatic imine (C=N–C) groups is 2. The summed E-state index contributed by atoms with van der Waals surface area (Å²) in [6.45, 7) is 0. The molecule has 0 unspecified atom stereocenters. The third-order valence-electron chi connectivity index (χ3n) is 3.03.